The standard InChI is InChI=1S/C24H24N2O3/c1-27-20-12-9-17(10-13-20)21-16-22(26(25-21)19-7-5-4-6-8-19)18-11-14-23(28-2)24(15-18)29-3/h4-15,22H,16H2,1-3H3/t22-/m1/s1. The van der Waals surface area contributed by atoms with Crippen LogP contribution in [-0.4, -0.2) is 27.0 Å². The van der Waals surface area contributed by atoms with E-state index in [1.54, 1.807) is 21.3 Å². The fourth-order valence-electron chi connectivity index (χ4n) is 3.61. The van der Waals surface area contributed by atoms with Crippen LogP contribution in [0.2, 0.25) is 0 Å². The molecule has 0 saturated carbocycles. The minimum atomic E-state index is 0.0642. The van der Waals surface area contributed by atoms with Gasteiger partial charge >= 0.3 is 0 Å². The molecule has 0 amide bonds. The van der Waals surface area contributed by atoms with Crippen LogP contribution >= 0.6 is 0 Å². The van der Waals surface area contributed by atoms with Gasteiger partial charge in [-0.05, 0) is 59.7 Å². The van der Waals surface area contributed by atoms with Crippen LogP contribution in [0.15, 0.2) is 77.9 Å². The molecule has 29 heavy (non-hydrogen) atoms. The maximum atomic E-state index is 5.52. The van der Waals surface area contributed by atoms with Gasteiger partial charge in [0.25, 0.3) is 0 Å². The maximum Gasteiger partial charge on any atom is 0.161 e. The zero-order valence-corrected chi connectivity index (χ0v) is 16.8. The summed E-state index contributed by atoms with van der Waals surface area (Å²) in [4.78, 5) is 0. The van der Waals surface area contributed by atoms with Crippen LogP contribution in [0.4, 0.5) is 5.69 Å². The van der Waals surface area contributed by atoms with Gasteiger partial charge in [0.15, 0.2) is 11.5 Å². The first-order valence-corrected chi connectivity index (χ1v) is 9.51. The van der Waals surface area contributed by atoms with Crippen molar-refractivity contribution >= 4 is 11.4 Å². The monoisotopic (exact) mass is 388 g/mol. The summed E-state index contributed by atoms with van der Waals surface area (Å²) in [5, 5.41) is 7.06. The van der Waals surface area contributed by atoms with Crippen molar-refractivity contribution in [2.45, 2.75) is 12.5 Å². The van der Waals surface area contributed by atoms with Crippen molar-refractivity contribution in [2.75, 3.05) is 26.3 Å². The molecule has 1 aliphatic rings. The molecule has 0 fully saturated rings. The molecule has 1 aliphatic heterocycles. The third-order valence-corrected chi connectivity index (χ3v) is 5.15. The van der Waals surface area contributed by atoms with Crippen molar-refractivity contribution in [3.05, 3.63) is 83.9 Å². The molecule has 0 saturated heterocycles. The highest BCUT2D eigenvalue weighted by molar-refractivity contribution is 6.03. The molecule has 1 heterocycles. The Kier molecular flexibility index (Phi) is 5.38. The predicted molar refractivity (Wildman–Crippen MR) is 115 cm³/mol. The number of hydrazone groups is 1. The Balaban J connectivity index is 1.73. The Labute approximate surface area is 171 Å². The van der Waals surface area contributed by atoms with E-state index in [9.17, 15) is 0 Å². The van der Waals surface area contributed by atoms with Crippen molar-refractivity contribution in [1.29, 1.82) is 0 Å². The van der Waals surface area contributed by atoms with Gasteiger partial charge in [-0.3, -0.25) is 5.01 Å². The fraction of sp³-hybridized carbons (Fsp3) is 0.208. The Morgan fingerprint density at radius 1 is 0.793 bits per heavy atom. The number of benzene rings is 3. The van der Waals surface area contributed by atoms with Gasteiger partial charge < -0.3 is 14.2 Å². The average molecular weight is 388 g/mol. The summed E-state index contributed by atoms with van der Waals surface area (Å²) in [6.07, 6.45) is 0.788. The van der Waals surface area contributed by atoms with Crippen molar-refractivity contribution in [3.63, 3.8) is 0 Å². The molecule has 0 aromatic heterocycles. The minimum Gasteiger partial charge on any atom is -0.497 e. The first-order valence-electron chi connectivity index (χ1n) is 9.51. The number of methoxy groups -OCH3 is 3. The maximum absolute atomic E-state index is 5.52. The first-order chi connectivity index (χ1) is 14.2. The second-order valence-corrected chi connectivity index (χ2v) is 6.79. The second-order valence-electron chi connectivity index (χ2n) is 6.79. The van der Waals surface area contributed by atoms with Crippen molar-refractivity contribution in [1.82, 2.24) is 0 Å². The minimum absolute atomic E-state index is 0.0642. The molecule has 0 aliphatic carbocycles. The van der Waals surface area contributed by atoms with Crippen LogP contribution in [0.3, 0.4) is 0 Å². The molecule has 4 rings (SSSR count). The summed E-state index contributed by atoms with van der Waals surface area (Å²) in [6, 6.07) is 24.4. The number of hydrogen-bond acceptors (Lipinski definition) is 5. The van der Waals surface area contributed by atoms with Gasteiger partial charge in [-0.2, -0.15) is 5.10 Å². The highest BCUT2D eigenvalue weighted by Gasteiger charge is 2.30. The lowest BCUT2D eigenvalue weighted by Gasteiger charge is -2.24. The topological polar surface area (TPSA) is 43.3 Å². The van der Waals surface area contributed by atoms with Crippen LogP contribution in [0.5, 0.6) is 17.2 Å². The molecule has 3 aromatic rings. The number of nitrogens with zero attached hydrogens (tertiary/aromatic N) is 2. The molecule has 0 spiro atoms. The molecule has 1 atom stereocenters. The summed E-state index contributed by atoms with van der Waals surface area (Å²) in [5.41, 5.74) is 4.31. The molecular weight excluding hydrogens is 364 g/mol. The van der Waals surface area contributed by atoms with Crippen LogP contribution in [-0.2, 0) is 0 Å². The van der Waals surface area contributed by atoms with Crippen LogP contribution in [0, 0.1) is 0 Å². The molecular formula is C24H24N2O3. The van der Waals surface area contributed by atoms with Crippen molar-refractivity contribution in [3.8, 4) is 17.2 Å². The highest BCUT2D eigenvalue weighted by Crippen LogP contribution is 2.39. The molecule has 5 nitrogen and oxygen atoms in total. The first kappa shape index (κ1) is 18.9. The van der Waals surface area contributed by atoms with Crippen LogP contribution < -0.4 is 19.2 Å². The van der Waals surface area contributed by atoms with Gasteiger partial charge in [0, 0.05) is 6.42 Å². The molecule has 0 radical (unpaired) electrons. The van der Waals surface area contributed by atoms with Crippen molar-refractivity contribution in [2.24, 2.45) is 5.10 Å². The van der Waals surface area contributed by atoms with E-state index in [-0.39, 0.29) is 6.04 Å². The van der Waals surface area contributed by atoms with E-state index >= 15 is 0 Å². The van der Waals surface area contributed by atoms with Gasteiger partial charge in [0.05, 0.1) is 38.8 Å². The quantitative estimate of drug-likeness (QED) is 0.591. The number of hydrogen-bond donors (Lipinski definition) is 0. The Bertz CT molecular complexity index is 1000. The molecule has 148 valence electrons. The van der Waals surface area contributed by atoms with Gasteiger partial charge in [0.1, 0.15) is 5.75 Å². The lowest BCUT2D eigenvalue weighted by Crippen LogP contribution is -2.18. The van der Waals surface area contributed by atoms with Crippen molar-refractivity contribution < 1.29 is 14.2 Å². The number of para-hydroxylation sites is 1. The van der Waals surface area contributed by atoms with E-state index in [0.717, 1.165) is 46.2 Å². The largest absolute Gasteiger partial charge is 0.497 e. The fourth-order valence-corrected chi connectivity index (χ4v) is 3.61. The number of ether oxygens (including phenoxy) is 3. The van der Waals surface area contributed by atoms with E-state index in [2.05, 4.69) is 35.3 Å². The number of rotatable bonds is 6. The average Bonchev–Trinajstić information content (AvgIpc) is 3.24. The number of anilines is 1. The van der Waals surface area contributed by atoms with E-state index in [1.165, 1.54) is 0 Å². The molecule has 0 N–H and O–H groups in total. The summed E-state index contributed by atoms with van der Waals surface area (Å²) in [6.45, 7) is 0. The smallest absolute Gasteiger partial charge is 0.161 e. The molecule has 3 aromatic carbocycles. The van der Waals surface area contributed by atoms with E-state index in [1.807, 2.05) is 42.5 Å². The Morgan fingerprint density at radius 2 is 1.52 bits per heavy atom. The van der Waals surface area contributed by atoms with Gasteiger partial charge in [-0.25, -0.2) is 0 Å². The SMILES string of the molecule is COc1ccc(C2=NN(c3ccccc3)[C@@H](c3ccc(OC)c(OC)c3)C2)cc1. The lowest BCUT2D eigenvalue weighted by atomic mass is 9.97. The van der Waals surface area contributed by atoms with Crippen LogP contribution in [0.25, 0.3) is 0 Å². The zero-order valence-electron chi connectivity index (χ0n) is 16.8. The Morgan fingerprint density at radius 3 is 2.17 bits per heavy atom. The molecule has 0 bridgehead atoms. The summed E-state index contributed by atoms with van der Waals surface area (Å²) >= 11 is 0. The van der Waals surface area contributed by atoms with Gasteiger partial charge in [-0.15, -0.1) is 0 Å². The third-order valence-electron chi connectivity index (χ3n) is 5.15. The van der Waals surface area contributed by atoms with Gasteiger partial charge in [0.2, 0.25) is 0 Å². The molecule has 0 unspecified atom stereocenters. The third kappa shape index (κ3) is 3.76. The summed E-state index contributed by atoms with van der Waals surface area (Å²) < 4.78 is 16.2. The van der Waals surface area contributed by atoms with Crippen LogP contribution in [0.1, 0.15) is 23.6 Å². The zero-order chi connectivity index (χ0) is 20.2. The van der Waals surface area contributed by atoms with Gasteiger partial charge in [-0.1, -0.05) is 24.3 Å². The normalized spacial score (nSPS) is 15.8. The highest BCUT2D eigenvalue weighted by atomic mass is 16.5. The van der Waals surface area contributed by atoms with E-state index < -0.39 is 0 Å². The second kappa shape index (κ2) is 8.27. The molecule has 5 heteroatoms. The summed E-state index contributed by atoms with van der Waals surface area (Å²) in [7, 11) is 4.98. The Hall–Kier alpha value is -3.47. The van der Waals surface area contributed by atoms with E-state index in [0.29, 0.717) is 0 Å². The van der Waals surface area contributed by atoms with E-state index in [4.69, 9.17) is 19.3 Å². The predicted octanol–water partition coefficient (Wildman–Crippen LogP) is 5.07. The summed E-state index contributed by atoms with van der Waals surface area (Å²) in [5.74, 6) is 2.27. The lowest BCUT2D eigenvalue weighted by molar-refractivity contribution is 0.354.